The quantitative estimate of drug-likeness (QED) is 0.572. The van der Waals surface area contributed by atoms with Crippen molar-refractivity contribution in [1.29, 1.82) is 0 Å². The van der Waals surface area contributed by atoms with E-state index in [1.807, 2.05) is 6.92 Å². The van der Waals surface area contributed by atoms with Crippen LogP contribution in [0.2, 0.25) is 0 Å². The molecule has 0 fully saturated rings. The Morgan fingerprint density at radius 2 is 1.95 bits per heavy atom. The maximum Gasteiger partial charge on any atom is 0.237 e. The molecule has 104 valence electrons. The number of halogens is 1. The Bertz CT molecular complexity index is 465. The van der Waals surface area contributed by atoms with Gasteiger partial charge in [-0.2, -0.15) is 4.98 Å². The molecule has 0 saturated carbocycles. The third-order valence-corrected chi connectivity index (χ3v) is 2.05. The molecule has 0 aliphatic heterocycles. The third-order valence-electron chi connectivity index (χ3n) is 2.05. The highest BCUT2D eigenvalue weighted by molar-refractivity contribution is 5.84. The van der Waals surface area contributed by atoms with Crippen molar-refractivity contribution in [3.8, 4) is 0 Å². The van der Waals surface area contributed by atoms with Crippen molar-refractivity contribution in [1.82, 2.24) is 9.97 Å². The summed E-state index contributed by atoms with van der Waals surface area (Å²) < 4.78 is 13.7. The van der Waals surface area contributed by atoms with Crippen molar-refractivity contribution in [3.63, 3.8) is 0 Å². The summed E-state index contributed by atoms with van der Waals surface area (Å²) in [6.45, 7) is 1.61. The number of hydrogen-bond donors (Lipinski definition) is 3. The minimum Gasteiger partial charge on any atom is -0.368 e. The number of amides is 2. The Morgan fingerprint density at radius 3 is 2.42 bits per heavy atom. The first-order valence-electron chi connectivity index (χ1n) is 5.52. The minimum absolute atomic E-state index is 0.179. The fourth-order valence-electron chi connectivity index (χ4n) is 1.41. The number of anilines is 2. The van der Waals surface area contributed by atoms with Gasteiger partial charge in [-0.25, -0.2) is 9.37 Å². The molecule has 0 saturated heterocycles. The van der Waals surface area contributed by atoms with Gasteiger partial charge in [0.05, 0.1) is 19.3 Å². The average molecular weight is 270 g/mol. The maximum atomic E-state index is 13.7. The second-order valence-corrected chi connectivity index (χ2v) is 3.68. The highest BCUT2D eigenvalue weighted by atomic mass is 19.1. The van der Waals surface area contributed by atoms with Crippen LogP contribution in [0.1, 0.15) is 6.92 Å². The molecule has 0 aliphatic carbocycles. The monoisotopic (exact) mass is 270 g/mol. The van der Waals surface area contributed by atoms with E-state index in [9.17, 15) is 14.0 Å². The second kappa shape index (κ2) is 6.47. The summed E-state index contributed by atoms with van der Waals surface area (Å²) in [7, 11) is 0. The van der Waals surface area contributed by atoms with E-state index in [0.717, 1.165) is 11.1 Å². The summed E-state index contributed by atoms with van der Waals surface area (Å²) in [5, 5.41) is 2.79. The summed E-state index contributed by atoms with van der Waals surface area (Å²) in [4.78, 5) is 30.5. The molecule has 1 rings (SSSR count). The summed E-state index contributed by atoms with van der Waals surface area (Å²) in [6, 6.07) is 0. The highest BCUT2D eigenvalue weighted by Crippen LogP contribution is 2.16. The van der Waals surface area contributed by atoms with Crippen LogP contribution in [0.25, 0.3) is 0 Å². The van der Waals surface area contributed by atoms with Gasteiger partial charge in [0, 0.05) is 6.54 Å². The summed E-state index contributed by atoms with van der Waals surface area (Å²) >= 11 is 0. The zero-order valence-electron chi connectivity index (χ0n) is 10.4. The number of nitrogens with zero attached hydrogens (tertiary/aromatic N) is 3. The van der Waals surface area contributed by atoms with Crippen LogP contribution in [-0.2, 0) is 9.59 Å². The van der Waals surface area contributed by atoms with Crippen LogP contribution in [0.15, 0.2) is 6.20 Å². The number of hydrogen-bond acceptors (Lipinski definition) is 6. The normalized spacial score (nSPS) is 10.0. The Kier molecular flexibility index (Phi) is 4.98. The molecule has 0 aliphatic rings. The van der Waals surface area contributed by atoms with E-state index in [2.05, 4.69) is 15.3 Å². The van der Waals surface area contributed by atoms with Gasteiger partial charge in [-0.15, -0.1) is 0 Å². The summed E-state index contributed by atoms with van der Waals surface area (Å²) in [6.07, 6.45) is 0.940. The molecule has 0 atom stereocenters. The molecule has 0 spiro atoms. The Morgan fingerprint density at radius 1 is 1.37 bits per heavy atom. The molecule has 9 heteroatoms. The van der Waals surface area contributed by atoms with Gasteiger partial charge < -0.3 is 21.7 Å². The van der Waals surface area contributed by atoms with E-state index in [4.69, 9.17) is 11.5 Å². The first kappa shape index (κ1) is 14.6. The van der Waals surface area contributed by atoms with Crippen molar-refractivity contribution >= 4 is 23.6 Å². The SMILES string of the molecule is CCNc1ncc(F)c(N(CC(N)=O)CC(N)=O)n1. The van der Waals surface area contributed by atoms with Crippen molar-refractivity contribution in [2.75, 3.05) is 29.9 Å². The van der Waals surface area contributed by atoms with Gasteiger partial charge in [-0.05, 0) is 6.92 Å². The molecule has 0 radical (unpaired) electrons. The smallest absolute Gasteiger partial charge is 0.237 e. The molecular formula is C10H15FN6O2. The Balaban J connectivity index is 3.08. The van der Waals surface area contributed by atoms with Crippen molar-refractivity contribution in [2.24, 2.45) is 11.5 Å². The van der Waals surface area contributed by atoms with Crippen LogP contribution in [0.5, 0.6) is 0 Å². The first-order valence-corrected chi connectivity index (χ1v) is 5.52. The van der Waals surface area contributed by atoms with Gasteiger partial charge in [-0.1, -0.05) is 0 Å². The van der Waals surface area contributed by atoms with Crippen LogP contribution in [0.4, 0.5) is 16.2 Å². The Hall–Kier alpha value is -2.45. The zero-order chi connectivity index (χ0) is 14.4. The highest BCUT2D eigenvalue weighted by Gasteiger charge is 2.18. The number of carbonyl (C=O) groups excluding carboxylic acids is 2. The number of aromatic nitrogens is 2. The fraction of sp³-hybridized carbons (Fsp3) is 0.400. The standard InChI is InChI=1S/C10H15FN6O2/c1-2-14-10-15-3-6(11)9(16-10)17(4-7(12)18)5-8(13)19/h3H,2,4-5H2,1H3,(H2,12,18)(H2,13,19)(H,14,15,16). The van der Waals surface area contributed by atoms with Crippen molar-refractivity contribution in [3.05, 3.63) is 12.0 Å². The number of rotatable bonds is 7. The minimum atomic E-state index is -0.774. The van der Waals surface area contributed by atoms with E-state index in [0.29, 0.717) is 6.54 Å². The maximum absolute atomic E-state index is 13.7. The lowest BCUT2D eigenvalue weighted by Gasteiger charge is -2.21. The number of primary amides is 2. The first-order chi connectivity index (χ1) is 8.93. The van der Waals surface area contributed by atoms with Crippen LogP contribution in [-0.4, -0.2) is 41.4 Å². The molecule has 1 aromatic rings. The van der Waals surface area contributed by atoms with Crippen LogP contribution in [0.3, 0.4) is 0 Å². The van der Waals surface area contributed by atoms with Gasteiger partial charge in [0.1, 0.15) is 0 Å². The number of nitrogens with one attached hydrogen (secondary N) is 1. The lowest BCUT2D eigenvalue weighted by atomic mass is 10.4. The Labute approximate surface area is 109 Å². The summed E-state index contributed by atoms with van der Waals surface area (Å²) in [5.41, 5.74) is 10.1. The predicted molar refractivity (Wildman–Crippen MR) is 66.8 cm³/mol. The van der Waals surface area contributed by atoms with Crippen LogP contribution >= 0.6 is 0 Å². The molecule has 0 unspecified atom stereocenters. The zero-order valence-corrected chi connectivity index (χ0v) is 10.4. The lowest BCUT2D eigenvalue weighted by Crippen LogP contribution is -2.40. The van der Waals surface area contributed by atoms with Gasteiger partial charge in [-0.3, -0.25) is 9.59 Å². The van der Waals surface area contributed by atoms with Gasteiger partial charge in [0.25, 0.3) is 0 Å². The van der Waals surface area contributed by atoms with Crippen LogP contribution in [0, 0.1) is 5.82 Å². The van der Waals surface area contributed by atoms with E-state index < -0.39 is 17.6 Å². The molecule has 1 heterocycles. The lowest BCUT2D eigenvalue weighted by molar-refractivity contribution is -0.117. The fourth-order valence-corrected chi connectivity index (χ4v) is 1.41. The van der Waals surface area contributed by atoms with E-state index in [1.54, 1.807) is 0 Å². The molecule has 5 N–H and O–H groups in total. The predicted octanol–water partition coefficient (Wildman–Crippen LogP) is -1.18. The van der Waals surface area contributed by atoms with E-state index in [1.165, 1.54) is 0 Å². The average Bonchev–Trinajstić information content (AvgIpc) is 2.30. The van der Waals surface area contributed by atoms with E-state index in [-0.39, 0.29) is 24.9 Å². The topological polar surface area (TPSA) is 127 Å². The van der Waals surface area contributed by atoms with Crippen LogP contribution < -0.4 is 21.7 Å². The largest absolute Gasteiger partial charge is 0.368 e. The van der Waals surface area contributed by atoms with Gasteiger partial charge in [0.15, 0.2) is 11.6 Å². The van der Waals surface area contributed by atoms with E-state index >= 15 is 0 Å². The molecular weight excluding hydrogens is 255 g/mol. The molecule has 2 amide bonds. The number of carbonyl (C=O) groups is 2. The van der Waals surface area contributed by atoms with Crippen molar-refractivity contribution < 1.29 is 14.0 Å². The molecule has 8 nitrogen and oxygen atoms in total. The summed E-state index contributed by atoms with van der Waals surface area (Å²) in [5.74, 6) is -2.26. The van der Waals surface area contributed by atoms with Gasteiger partial charge in [0.2, 0.25) is 17.8 Å². The second-order valence-electron chi connectivity index (χ2n) is 3.68. The molecule has 0 bridgehead atoms. The number of nitrogens with two attached hydrogens (primary N) is 2. The molecule has 0 aromatic carbocycles. The third kappa shape index (κ3) is 4.37. The van der Waals surface area contributed by atoms with Gasteiger partial charge >= 0.3 is 0 Å². The molecule has 19 heavy (non-hydrogen) atoms. The van der Waals surface area contributed by atoms with Crippen molar-refractivity contribution in [2.45, 2.75) is 6.92 Å². The molecule has 1 aromatic heterocycles.